The lowest BCUT2D eigenvalue weighted by Gasteiger charge is -2.11. The molecular formula is C17H21BrN2O2S. The quantitative estimate of drug-likeness (QED) is 0.742. The largest absolute Gasteiger partial charge is 0.497 e. The number of methoxy groups -OCH3 is 1. The summed E-state index contributed by atoms with van der Waals surface area (Å²) in [6.45, 7) is 4.00. The van der Waals surface area contributed by atoms with Gasteiger partial charge in [-0.25, -0.2) is 0 Å². The topological polar surface area (TPSA) is 64.3 Å². The SMILES string of the molecule is CC.CNC(=O)c1cc(OC)ccc1Sc1ccc(Br)cc1N. The molecule has 124 valence electrons. The Bertz CT molecular complexity index is 678. The van der Waals surface area contributed by atoms with Gasteiger partial charge in [0.05, 0.1) is 12.7 Å². The number of carbonyl (C=O) groups excluding carboxylic acids is 1. The third-order valence-electron chi connectivity index (χ3n) is 2.85. The standard InChI is InChI=1S/C15H15BrN2O2S.C2H6/c1-18-15(19)11-8-10(20-2)4-6-13(11)21-14-5-3-9(16)7-12(14)17;1-2/h3-8H,17H2,1-2H3,(H,18,19);1-2H3. The molecule has 0 unspecified atom stereocenters. The van der Waals surface area contributed by atoms with Crippen molar-refractivity contribution in [1.82, 2.24) is 5.32 Å². The third kappa shape index (κ3) is 5.18. The summed E-state index contributed by atoms with van der Waals surface area (Å²) in [5.74, 6) is 0.480. The Kier molecular flexibility index (Phi) is 7.98. The Labute approximate surface area is 149 Å². The second-order valence-electron chi connectivity index (χ2n) is 4.23. The number of nitrogens with two attached hydrogens (primary N) is 1. The zero-order chi connectivity index (χ0) is 17.4. The van der Waals surface area contributed by atoms with Gasteiger partial charge in [0.2, 0.25) is 0 Å². The van der Waals surface area contributed by atoms with Crippen LogP contribution in [-0.4, -0.2) is 20.1 Å². The predicted molar refractivity (Wildman–Crippen MR) is 100 cm³/mol. The van der Waals surface area contributed by atoms with Crippen LogP contribution in [0.2, 0.25) is 0 Å². The van der Waals surface area contributed by atoms with Crippen molar-refractivity contribution in [3.05, 3.63) is 46.4 Å². The van der Waals surface area contributed by atoms with E-state index in [4.69, 9.17) is 10.5 Å². The van der Waals surface area contributed by atoms with Gasteiger partial charge < -0.3 is 15.8 Å². The van der Waals surface area contributed by atoms with Gasteiger partial charge in [0.1, 0.15) is 5.75 Å². The normalized spacial score (nSPS) is 9.61. The van der Waals surface area contributed by atoms with Crippen LogP contribution in [0.25, 0.3) is 0 Å². The minimum atomic E-state index is -0.160. The van der Waals surface area contributed by atoms with Crippen LogP contribution in [0.1, 0.15) is 24.2 Å². The van der Waals surface area contributed by atoms with Crippen molar-refractivity contribution in [3.63, 3.8) is 0 Å². The maximum atomic E-state index is 12.0. The Morgan fingerprint density at radius 2 is 1.83 bits per heavy atom. The summed E-state index contributed by atoms with van der Waals surface area (Å²) in [7, 11) is 3.17. The molecule has 3 N–H and O–H groups in total. The Hall–Kier alpha value is -1.66. The second-order valence-corrected chi connectivity index (χ2v) is 6.22. The summed E-state index contributed by atoms with van der Waals surface area (Å²) >= 11 is 4.83. The second kappa shape index (κ2) is 9.47. The number of nitrogen functional groups attached to an aromatic ring is 1. The molecule has 0 radical (unpaired) electrons. The number of halogens is 1. The molecule has 2 rings (SSSR count). The lowest BCUT2D eigenvalue weighted by molar-refractivity contribution is 0.0960. The van der Waals surface area contributed by atoms with Crippen LogP contribution in [-0.2, 0) is 0 Å². The van der Waals surface area contributed by atoms with Gasteiger partial charge in [-0.1, -0.05) is 41.5 Å². The molecule has 0 saturated carbocycles. The number of anilines is 1. The number of amides is 1. The molecule has 0 heterocycles. The van der Waals surface area contributed by atoms with Crippen LogP contribution in [0.4, 0.5) is 5.69 Å². The number of carbonyl (C=O) groups is 1. The molecular weight excluding hydrogens is 376 g/mol. The number of hydrogen-bond donors (Lipinski definition) is 2. The van der Waals surface area contributed by atoms with Crippen molar-refractivity contribution >= 4 is 39.3 Å². The highest BCUT2D eigenvalue weighted by Gasteiger charge is 2.14. The van der Waals surface area contributed by atoms with E-state index in [2.05, 4.69) is 21.2 Å². The van der Waals surface area contributed by atoms with Crippen molar-refractivity contribution in [2.24, 2.45) is 0 Å². The van der Waals surface area contributed by atoms with Crippen molar-refractivity contribution < 1.29 is 9.53 Å². The van der Waals surface area contributed by atoms with Gasteiger partial charge in [-0.3, -0.25) is 4.79 Å². The molecule has 4 nitrogen and oxygen atoms in total. The molecule has 0 saturated heterocycles. The molecule has 0 aliphatic carbocycles. The highest BCUT2D eigenvalue weighted by molar-refractivity contribution is 9.10. The molecule has 0 aromatic heterocycles. The van der Waals surface area contributed by atoms with Gasteiger partial charge in [-0.2, -0.15) is 0 Å². The van der Waals surface area contributed by atoms with Crippen LogP contribution in [0.15, 0.2) is 50.7 Å². The van der Waals surface area contributed by atoms with Crippen molar-refractivity contribution in [2.45, 2.75) is 23.6 Å². The third-order valence-corrected chi connectivity index (χ3v) is 4.51. The number of benzene rings is 2. The Morgan fingerprint density at radius 1 is 1.17 bits per heavy atom. The van der Waals surface area contributed by atoms with E-state index in [9.17, 15) is 4.79 Å². The van der Waals surface area contributed by atoms with E-state index < -0.39 is 0 Å². The van der Waals surface area contributed by atoms with Crippen LogP contribution >= 0.6 is 27.7 Å². The minimum Gasteiger partial charge on any atom is -0.497 e. The molecule has 6 heteroatoms. The average molecular weight is 397 g/mol. The molecule has 2 aromatic carbocycles. The lowest BCUT2D eigenvalue weighted by atomic mass is 10.2. The zero-order valence-corrected chi connectivity index (χ0v) is 16.0. The van der Waals surface area contributed by atoms with Crippen LogP contribution < -0.4 is 15.8 Å². The molecule has 2 aromatic rings. The first-order valence-corrected chi connectivity index (χ1v) is 8.79. The molecule has 0 bridgehead atoms. The molecule has 0 atom stereocenters. The fourth-order valence-corrected chi connectivity index (χ4v) is 3.09. The smallest absolute Gasteiger partial charge is 0.252 e. The first-order valence-electron chi connectivity index (χ1n) is 7.18. The highest BCUT2D eigenvalue weighted by atomic mass is 79.9. The van der Waals surface area contributed by atoms with Gasteiger partial charge in [-0.05, 0) is 36.4 Å². The number of ether oxygens (including phenoxy) is 1. The fraction of sp³-hybridized carbons (Fsp3) is 0.235. The van der Waals surface area contributed by atoms with Crippen molar-refractivity contribution in [2.75, 3.05) is 19.9 Å². The van der Waals surface area contributed by atoms with E-state index in [1.54, 1.807) is 20.2 Å². The number of hydrogen-bond acceptors (Lipinski definition) is 4. The van der Waals surface area contributed by atoms with E-state index in [1.165, 1.54) is 11.8 Å². The summed E-state index contributed by atoms with van der Waals surface area (Å²) in [6, 6.07) is 11.1. The van der Waals surface area contributed by atoms with Gasteiger partial charge in [0, 0.05) is 27.0 Å². The molecule has 1 amide bonds. The minimum absolute atomic E-state index is 0.160. The molecule has 0 aliphatic heterocycles. The fourth-order valence-electron chi connectivity index (χ4n) is 1.77. The van der Waals surface area contributed by atoms with Gasteiger partial charge in [0.25, 0.3) is 5.91 Å². The monoisotopic (exact) mass is 396 g/mol. The lowest BCUT2D eigenvalue weighted by Crippen LogP contribution is -2.18. The molecule has 0 aliphatic rings. The number of rotatable bonds is 4. The highest BCUT2D eigenvalue weighted by Crippen LogP contribution is 2.36. The van der Waals surface area contributed by atoms with Gasteiger partial charge in [0.15, 0.2) is 0 Å². The first-order chi connectivity index (χ1) is 11.0. The summed E-state index contributed by atoms with van der Waals surface area (Å²) in [4.78, 5) is 13.7. The number of nitrogens with one attached hydrogen (secondary N) is 1. The van der Waals surface area contributed by atoms with Gasteiger partial charge >= 0.3 is 0 Å². The summed E-state index contributed by atoms with van der Waals surface area (Å²) < 4.78 is 6.10. The molecule has 0 fully saturated rings. The molecule has 0 spiro atoms. The van der Waals surface area contributed by atoms with Crippen LogP contribution in [0, 0.1) is 0 Å². The summed E-state index contributed by atoms with van der Waals surface area (Å²) in [5.41, 5.74) is 7.23. The van der Waals surface area contributed by atoms with Crippen LogP contribution in [0.5, 0.6) is 5.75 Å². The van der Waals surface area contributed by atoms with E-state index in [-0.39, 0.29) is 5.91 Å². The average Bonchev–Trinajstić information content (AvgIpc) is 2.58. The van der Waals surface area contributed by atoms with E-state index >= 15 is 0 Å². The summed E-state index contributed by atoms with van der Waals surface area (Å²) in [6.07, 6.45) is 0. The Morgan fingerprint density at radius 3 is 2.39 bits per heavy atom. The van der Waals surface area contributed by atoms with Gasteiger partial charge in [-0.15, -0.1) is 0 Å². The van der Waals surface area contributed by atoms with E-state index in [0.29, 0.717) is 17.0 Å². The first kappa shape index (κ1) is 19.4. The maximum Gasteiger partial charge on any atom is 0.252 e. The predicted octanol–water partition coefficient (Wildman–Crippen LogP) is 4.58. The molecule has 23 heavy (non-hydrogen) atoms. The maximum absolute atomic E-state index is 12.0. The van der Waals surface area contributed by atoms with Crippen molar-refractivity contribution in [1.29, 1.82) is 0 Å². The Balaban J connectivity index is 0.00000127. The van der Waals surface area contributed by atoms with Crippen LogP contribution in [0.3, 0.4) is 0 Å². The van der Waals surface area contributed by atoms with E-state index in [1.807, 2.05) is 44.2 Å². The van der Waals surface area contributed by atoms with E-state index in [0.717, 1.165) is 14.3 Å². The van der Waals surface area contributed by atoms with Crippen molar-refractivity contribution in [3.8, 4) is 5.75 Å². The summed E-state index contributed by atoms with van der Waals surface area (Å²) in [5, 5.41) is 2.64. The zero-order valence-electron chi connectivity index (χ0n) is 13.6.